The largest absolute Gasteiger partial charge is 0.378 e. The van der Waals surface area contributed by atoms with Crippen molar-refractivity contribution in [1.29, 1.82) is 0 Å². The lowest BCUT2D eigenvalue weighted by atomic mass is 10.3. The van der Waals surface area contributed by atoms with Crippen LogP contribution >= 0.6 is 12.4 Å². The number of likely N-dealkylation sites (N-methyl/N-ethyl adjacent to an activating group) is 1. The third-order valence-corrected chi connectivity index (χ3v) is 4.18. The predicted octanol–water partition coefficient (Wildman–Crippen LogP) is 1.06. The van der Waals surface area contributed by atoms with E-state index in [1.165, 1.54) is 0 Å². The predicted molar refractivity (Wildman–Crippen MR) is 81.7 cm³/mol. The summed E-state index contributed by atoms with van der Waals surface area (Å²) < 4.78 is 26.5. The molecule has 0 saturated carbocycles. The van der Waals surface area contributed by atoms with E-state index in [0.29, 0.717) is 6.54 Å². The van der Waals surface area contributed by atoms with Crippen LogP contribution in [0.25, 0.3) is 0 Å². The second-order valence-corrected chi connectivity index (χ2v) is 6.20. The minimum Gasteiger partial charge on any atom is -0.378 e. The lowest BCUT2D eigenvalue weighted by Gasteiger charge is -2.14. The number of nitrogens with zero attached hydrogens (tertiary/aromatic N) is 1. The van der Waals surface area contributed by atoms with Crippen LogP contribution in [0.3, 0.4) is 0 Å². The van der Waals surface area contributed by atoms with Crippen LogP contribution in [0.2, 0.25) is 0 Å². The Balaban J connectivity index is 0.00000324. The number of benzene rings is 1. The molecular formula is C12H22ClN3O2S. The molecular weight excluding hydrogens is 286 g/mol. The first-order valence-electron chi connectivity index (χ1n) is 5.81. The summed E-state index contributed by atoms with van der Waals surface area (Å²) in [5.41, 5.74) is 0.970. The van der Waals surface area contributed by atoms with Crippen molar-refractivity contribution in [3.63, 3.8) is 0 Å². The number of hydrogen-bond donors (Lipinski definition) is 2. The zero-order valence-electron chi connectivity index (χ0n) is 11.7. The van der Waals surface area contributed by atoms with Crippen molar-refractivity contribution in [3.8, 4) is 0 Å². The third kappa shape index (κ3) is 5.36. The van der Waals surface area contributed by atoms with Gasteiger partial charge in [0.25, 0.3) is 0 Å². The molecule has 0 spiro atoms. The van der Waals surface area contributed by atoms with Gasteiger partial charge in [-0.2, -0.15) is 0 Å². The highest BCUT2D eigenvalue weighted by Crippen LogP contribution is 2.15. The highest BCUT2D eigenvalue weighted by molar-refractivity contribution is 7.89. The quantitative estimate of drug-likeness (QED) is 0.825. The van der Waals surface area contributed by atoms with E-state index in [1.54, 1.807) is 31.3 Å². The average molecular weight is 308 g/mol. The minimum absolute atomic E-state index is 0. The Kier molecular flexibility index (Phi) is 7.36. The Bertz CT molecular complexity index is 474. The molecule has 0 aliphatic rings. The first kappa shape index (κ1) is 18.2. The molecule has 0 aliphatic heterocycles. The molecule has 0 amide bonds. The third-order valence-electron chi connectivity index (χ3n) is 2.74. The van der Waals surface area contributed by atoms with Gasteiger partial charge in [-0.15, -0.1) is 12.4 Å². The second-order valence-electron chi connectivity index (χ2n) is 4.43. The van der Waals surface area contributed by atoms with E-state index in [0.717, 1.165) is 5.69 Å². The fraction of sp³-hybridized carbons (Fsp3) is 0.500. The molecule has 110 valence electrons. The summed E-state index contributed by atoms with van der Waals surface area (Å²) in [5.74, 6) is 0. The first-order valence-corrected chi connectivity index (χ1v) is 7.29. The molecule has 1 atom stereocenters. The second kappa shape index (κ2) is 7.69. The normalized spacial score (nSPS) is 12.6. The maximum atomic E-state index is 12.0. The average Bonchev–Trinajstić information content (AvgIpc) is 2.36. The molecule has 0 aliphatic carbocycles. The lowest BCUT2D eigenvalue weighted by Crippen LogP contribution is -2.37. The molecule has 19 heavy (non-hydrogen) atoms. The molecule has 1 rings (SSSR count). The number of halogens is 1. The zero-order valence-corrected chi connectivity index (χ0v) is 13.3. The topological polar surface area (TPSA) is 61.4 Å². The molecule has 0 heterocycles. The maximum Gasteiger partial charge on any atom is 0.240 e. The molecule has 0 bridgehead atoms. The van der Waals surface area contributed by atoms with Crippen molar-refractivity contribution >= 4 is 28.1 Å². The summed E-state index contributed by atoms with van der Waals surface area (Å²) in [5, 5.41) is 2.98. The summed E-state index contributed by atoms with van der Waals surface area (Å²) in [7, 11) is 2.21. The van der Waals surface area contributed by atoms with Crippen LogP contribution in [0.1, 0.15) is 6.92 Å². The zero-order chi connectivity index (χ0) is 13.8. The Morgan fingerprint density at radius 3 is 2.16 bits per heavy atom. The molecule has 0 aromatic heterocycles. The van der Waals surface area contributed by atoms with Crippen LogP contribution in [0, 0.1) is 0 Å². The molecule has 0 fully saturated rings. The van der Waals surface area contributed by atoms with Gasteiger partial charge in [-0.3, -0.25) is 0 Å². The van der Waals surface area contributed by atoms with E-state index in [1.807, 2.05) is 25.9 Å². The van der Waals surface area contributed by atoms with Gasteiger partial charge < -0.3 is 10.2 Å². The van der Waals surface area contributed by atoms with Gasteiger partial charge in [-0.25, -0.2) is 13.1 Å². The van der Waals surface area contributed by atoms with Crippen molar-refractivity contribution in [2.45, 2.75) is 17.9 Å². The van der Waals surface area contributed by atoms with Crippen LogP contribution in [0.5, 0.6) is 0 Å². The lowest BCUT2D eigenvalue weighted by molar-refractivity contribution is 0.554. The monoisotopic (exact) mass is 307 g/mol. The summed E-state index contributed by atoms with van der Waals surface area (Å²) in [4.78, 5) is 2.21. The van der Waals surface area contributed by atoms with Crippen molar-refractivity contribution in [2.24, 2.45) is 0 Å². The first-order chi connectivity index (χ1) is 8.36. The molecule has 0 saturated heterocycles. The fourth-order valence-corrected chi connectivity index (χ4v) is 2.47. The van der Waals surface area contributed by atoms with Gasteiger partial charge in [0.1, 0.15) is 0 Å². The van der Waals surface area contributed by atoms with E-state index < -0.39 is 10.0 Å². The fourth-order valence-electron chi connectivity index (χ4n) is 1.34. The van der Waals surface area contributed by atoms with Crippen LogP contribution < -0.4 is 14.9 Å². The van der Waals surface area contributed by atoms with Gasteiger partial charge in [0, 0.05) is 32.4 Å². The Hall–Kier alpha value is -0.820. The smallest absolute Gasteiger partial charge is 0.240 e. The number of rotatable bonds is 6. The molecule has 1 aromatic carbocycles. The molecule has 1 unspecified atom stereocenters. The van der Waals surface area contributed by atoms with Gasteiger partial charge in [0.05, 0.1) is 4.90 Å². The minimum atomic E-state index is -3.42. The van der Waals surface area contributed by atoms with E-state index in [9.17, 15) is 8.42 Å². The Labute approximate surface area is 121 Å². The summed E-state index contributed by atoms with van der Waals surface area (Å²) in [6, 6.07) is 6.90. The molecule has 7 heteroatoms. The van der Waals surface area contributed by atoms with Crippen molar-refractivity contribution < 1.29 is 8.42 Å². The van der Waals surface area contributed by atoms with E-state index in [2.05, 4.69) is 10.0 Å². The van der Waals surface area contributed by atoms with Gasteiger partial charge in [0.15, 0.2) is 0 Å². The number of sulfonamides is 1. The van der Waals surface area contributed by atoms with E-state index in [4.69, 9.17) is 0 Å². The SMILES string of the molecule is CNC(C)CNS(=O)(=O)c1ccc(N(C)C)cc1.Cl. The van der Waals surface area contributed by atoms with Gasteiger partial charge in [-0.1, -0.05) is 0 Å². The number of hydrogen-bond acceptors (Lipinski definition) is 4. The van der Waals surface area contributed by atoms with Crippen LogP contribution in [0.15, 0.2) is 29.2 Å². The van der Waals surface area contributed by atoms with Crippen LogP contribution in [-0.2, 0) is 10.0 Å². The highest BCUT2D eigenvalue weighted by atomic mass is 35.5. The van der Waals surface area contributed by atoms with E-state index >= 15 is 0 Å². The summed E-state index contributed by atoms with van der Waals surface area (Å²) >= 11 is 0. The van der Waals surface area contributed by atoms with Gasteiger partial charge >= 0.3 is 0 Å². The van der Waals surface area contributed by atoms with Crippen LogP contribution in [0.4, 0.5) is 5.69 Å². The van der Waals surface area contributed by atoms with Crippen LogP contribution in [-0.4, -0.2) is 42.1 Å². The van der Waals surface area contributed by atoms with Gasteiger partial charge in [-0.05, 0) is 38.2 Å². The highest BCUT2D eigenvalue weighted by Gasteiger charge is 2.14. The summed E-state index contributed by atoms with van der Waals surface area (Å²) in [6.07, 6.45) is 0. The summed E-state index contributed by atoms with van der Waals surface area (Å²) in [6.45, 7) is 2.28. The Morgan fingerprint density at radius 1 is 1.21 bits per heavy atom. The molecule has 1 aromatic rings. The number of nitrogens with one attached hydrogen (secondary N) is 2. The van der Waals surface area contributed by atoms with Crippen molar-refractivity contribution in [2.75, 3.05) is 32.6 Å². The molecule has 5 nitrogen and oxygen atoms in total. The molecule has 2 N–H and O–H groups in total. The maximum absolute atomic E-state index is 12.0. The van der Waals surface area contributed by atoms with Crippen molar-refractivity contribution in [1.82, 2.24) is 10.0 Å². The van der Waals surface area contributed by atoms with Crippen molar-refractivity contribution in [3.05, 3.63) is 24.3 Å². The van der Waals surface area contributed by atoms with E-state index in [-0.39, 0.29) is 23.3 Å². The van der Waals surface area contributed by atoms with Gasteiger partial charge in [0.2, 0.25) is 10.0 Å². The Morgan fingerprint density at radius 2 is 1.74 bits per heavy atom. The molecule has 0 radical (unpaired) electrons. The number of anilines is 1. The standard InChI is InChI=1S/C12H21N3O2S.ClH/c1-10(13-2)9-14-18(16,17)12-7-5-11(6-8-12)15(3)4;/h5-8,10,13-14H,9H2,1-4H3;1H.